The number of nitrogens with zero attached hydrogens (tertiary/aromatic N) is 3. The van der Waals surface area contributed by atoms with Gasteiger partial charge in [0.1, 0.15) is 5.15 Å². The van der Waals surface area contributed by atoms with Gasteiger partial charge in [0.05, 0.1) is 24.1 Å². The molecule has 1 aliphatic heterocycles. The summed E-state index contributed by atoms with van der Waals surface area (Å²) in [6, 6.07) is 11.2. The maximum absolute atomic E-state index is 13.8. The van der Waals surface area contributed by atoms with Crippen molar-refractivity contribution in [3.8, 4) is 11.1 Å². The number of benzene rings is 1. The number of urea groups is 1. The Kier molecular flexibility index (Phi) is 6.09. The average molecular weight is 518 g/mol. The number of halogens is 4. The summed E-state index contributed by atoms with van der Waals surface area (Å²) in [5.74, 6) is -0.726. The van der Waals surface area contributed by atoms with Gasteiger partial charge in [0, 0.05) is 37.0 Å². The lowest BCUT2D eigenvalue weighted by Crippen LogP contribution is -2.62. The second kappa shape index (κ2) is 9.23. The third kappa shape index (κ3) is 4.61. The predicted molar refractivity (Wildman–Crippen MR) is 124 cm³/mol. The Morgan fingerprint density at radius 1 is 1.14 bits per heavy atom. The Balaban J connectivity index is 1.29. The van der Waals surface area contributed by atoms with Crippen LogP contribution in [0.1, 0.15) is 21.6 Å². The molecular formula is C24H19ClF3N5O3. The molecule has 3 amide bonds. The quantitative estimate of drug-likeness (QED) is 0.405. The SMILES string of the molecule is O=C(NC1CN(C(=O)NCc2ccccc2)C1)c1nc2c(C(F)(F)F)cc(-c3ccoc3)cn2c1Cl. The van der Waals surface area contributed by atoms with Crippen molar-refractivity contribution in [2.24, 2.45) is 0 Å². The van der Waals surface area contributed by atoms with Crippen molar-refractivity contribution < 1.29 is 27.2 Å². The fourth-order valence-corrected chi connectivity index (χ4v) is 4.19. The number of likely N-dealkylation sites (tertiary alicyclic amines) is 1. The number of amides is 3. The normalized spacial score (nSPS) is 14.1. The van der Waals surface area contributed by atoms with E-state index in [-0.39, 0.29) is 41.6 Å². The summed E-state index contributed by atoms with van der Waals surface area (Å²) < 4.78 is 47.3. The lowest BCUT2D eigenvalue weighted by Gasteiger charge is -2.39. The molecule has 0 radical (unpaired) electrons. The molecule has 2 N–H and O–H groups in total. The van der Waals surface area contributed by atoms with Crippen LogP contribution in [0.3, 0.4) is 0 Å². The van der Waals surface area contributed by atoms with E-state index in [1.54, 1.807) is 0 Å². The minimum atomic E-state index is -4.73. The van der Waals surface area contributed by atoms with Crippen molar-refractivity contribution >= 4 is 29.2 Å². The first-order chi connectivity index (χ1) is 17.2. The lowest BCUT2D eigenvalue weighted by molar-refractivity contribution is -0.136. The highest BCUT2D eigenvalue weighted by molar-refractivity contribution is 6.33. The van der Waals surface area contributed by atoms with E-state index < -0.39 is 23.3 Å². The van der Waals surface area contributed by atoms with E-state index in [0.717, 1.165) is 16.0 Å². The number of rotatable bonds is 5. The first-order valence-corrected chi connectivity index (χ1v) is 11.3. The van der Waals surface area contributed by atoms with Crippen molar-refractivity contribution in [3.05, 3.63) is 83.2 Å². The van der Waals surface area contributed by atoms with E-state index in [4.69, 9.17) is 16.0 Å². The van der Waals surface area contributed by atoms with E-state index in [1.165, 1.54) is 29.7 Å². The summed E-state index contributed by atoms with van der Waals surface area (Å²) in [5.41, 5.74) is -0.290. The van der Waals surface area contributed by atoms with Crippen molar-refractivity contribution in [2.45, 2.75) is 18.8 Å². The second-order valence-corrected chi connectivity index (χ2v) is 8.67. The third-order valence-electron chi connectivity index (χ3n) is 5.83. The molecule has 1 aromatic carbocycles. The molecule has 0 unspecified atom stereocenters. The zero-order valence-electron chi connectivity index (χ0n) is 18.6. The van der Waals surface area contributed by atoms with Gasteiger partial charge in [0.25, 0.3) is 5.91 Å². The molecule has 0 aliphatic carbocycles. The third-order valence-corrected chi connectivity index (χ3v) is 6.19. The zero-order chi connectivity index (χ0) is 25.4. The molecule has 1 fully saturated rings. The Morgan fingerprint density at radius 2 is 1.89 bits per heavy atom. The average Bonchev–Trinajstić information content (AvgIpc) is 3.47. The van der Waals surface area contributed by atoms with Crippen LogP contribution in [0.25, 0.3) is 16.8 Å². The van der Waals surface area contributed by atoms with E-state index in [9.17, 15) is 22.8 Å². The molecule has 1 saturated heterocycles. The van der Waals surface area contributed by atoms with Crippen LogP contribution in [0.4, 0.5) is 18.0 Å². The fourth-order valence-electron chi connectivity index (χ4n) is 3.93. The molecule has 5 rings (SSSR count). The Labute approximate surface area is 207 Å². The summed E-state index contributed by atoms with van der Waals surface area (Å²) in [7, 11) is 0. The molecule has 1 aliphatic rings. The molecule has 0 bridgehead atoms. The molecular weight excluding hydrogens is 499 g/mol. The van der Waals surface area contributed by atoms with E-state index in [0.29, 0.717) is 12.1 Å². The number of aromatic nitrogens is 2. The smallest absolute Gasteiger partial charge is 0.420 e. The number of nitrogens with one attached hydrogen (secondary N) is 2. The van der Waals surface area contributed by atoms with E-state index >= 15 is 0 Å². The number of furan rings is 1. The minimum absolute atomic E-state index is 0.200. The van der Waals surface area contributed by atoms with Gasteiger partial charge in [-0.3, -0.25) is 9.20 Å². The molecule has 186 valence electrons. The van der Waals surface area contributed by atoms with E-state index in [1.807, 2.05) is 30.3 Å². The standard InChI is InChI=1S/C24H19ClF3N5O3/c25-20-19(22(34)30-17-11-32(12-17)23(35)29-9-14-4-2-1-3-5-14)31-21-18(24(26,27)28)8-16(10-33(20)21)15-6-7-36-13-15/h1-8,10,13,17H,9,11-12H2,(H,29,35)(H,30,34). The molecule has 3 aromatic heterocycles. The summed E-state index contributed by atoms with van der Waals surface area (Å²) in [6.45, 7) is 0.859. The lowest BCUT2D eigenvalue weighted by atomic mass is 10.1. The number of alkyl halides is 3. The van der Waals surface area contributed by atoms with Gasteiger partial charge in [-0.1, -0.05) is 41.9 Å². The topological polar surface area (TPSA) is 91.9 Å². The first-order valence-electron chi connectivity index (χ1n) is 10.9. The van der Waals surface area contributed by atoms with Gasteiger partial charge in [-0.15, -0.1) is 0 Å². The van der Waals surface area contributed by atoms with Crippen LogP contribution in [-0.2, 0) is 12.7 Å². The molecule has 0 spiro atoms. The number of imidazole rings is 1. The molecule has 12 heteroatoms. The first kappa shape index (κ1) is 23.7. The number of carbonyl (C=O) groups excluding carboxylic acids is 2. The molecule has 4 heterocycles. The van der Waals surface area contributed by atoms with Crippen LogP contribution >= 0.6 is 11.6 Å². The maximum Gasteiger partial charge on any atom is 0.420 e. The van der Waals surface area contributed by atoms with Gasteiger partial charge >= 0.3 is 12.2 Å². The van der Waals surface area contributed by atoms with Crippen molar-refractivity contribution in [3.63, 3.8) is 0 Å². The highest BCUT2D eigenvalue weighted by Crippen LogP contribution is 2.37. The van der Waals surface area contributed by atoms with E-state index in [2.05, 4.69) is 15.6 Å². The number of hydrogen-bond acceptors (Lipinski definition) is 4. The van der Waals surface area contributed by atoms with Gasteiger partial charge in [0.2, 0.25) is 0 Å². The van der Waals surface area contributed by atoms with Crippen LogP contribution in [0, 0.1) is 0 Å². The summed E-state index contributed by atoms with van der Waals surface area (Å²) >= 11 is 6.30. The summed E-state index contributed by atoms with van der Waals surface area (Å²) in [5, 5.41) is 5.22. The second-order valence-electron chi connectivity index (χ2n) is 8.32. The summed E-state index contributed by atoms with van der Waals surface area (Å²) in [6.07, 6.45) is -0.724. The van der Waals surface area contributed by atoms with Crippen LogP contribution in [0.5, 0.6) is 0 Å². The monoisotopic (exact) mass is 517 g/mol. The zero-order valence-corrected chi connectivity index (χ0v) is 19.3. The highest BCUT2D eigenvalue weighted by atomic mass is 35.5. The van der Waals surface area contributed by atoms with Crippen LogP contribution < -0.4 is 10.6 Å². The Bertz CT molecular complexity index is 1410. The van der Waals surface area contributed by atoms with Gasteiger partial charge < -0.3 is 20.0 Å². The number of fused-ring (bicyclic) bond motifs is 1. The van der Waals surface area contributed by atoms with Gasteiger partial charge in [-0.2, -0.15) is 13.2 Å². The molecule has 8 nitrogen and oxygen atoms in total. The Hall–Kier alpha value is -3.99. The molecule has 0 atom stereocenters. The highest BCUT2D eigenvalue weighted by Gasteiger charge is 2.37. The number of carbonyl (C=O) groups is 2. The van der Waals surface area contributed by atoms with Crippen molar-refractivity contribution in [1.82, 2.24) is 24.9 Å². The molecule has 36 heavy (non-hydrogen) atoms. The maximum atomic E-state index is 13.8. The number of hydrogen-bond donors (Lipinski definition) is 2. The van der Waals surface area contributed by atoms with Crippen LogP contribution in [-0.4, -0.2) is 45.4 Å². The molecule has 0 saturated carbocycles. The van der Waals surface area contributed by atoms with Crippen LogP contribution in [0.15, 0.2) is 65.6 Å². The van der Waals surface area contributed by atoms with Gasteiger partial charge in [0.15, 0.2) is 11.3 Å². The van der Waals surface area contributed by atoms with Crippen LogP contribution in [0.2, 0.25) is 5.15 Å². The summed E-state index contributed by atoms with van der Waals surface area (Å²) in [4.78, 5) is 30.5. The largest absolute Gasteiger partial charge is 0.472 e. The minimum Gasteiger partial charge on any atom is -0.472 e. The predicted octanol–water partition coefficient (Wildman–Crippen LogP) is 4.59. The number of pyridine rings is 1. The Morgan fingerprint density at radius 3 is 2.56 bits per heavy atom. The molecule has 4 aromatic rings. The van der Waals surface area contributed by atoms with Gasteiger partial charge in [-0.25, -0.2) is 9.78 Å². The van der Waals surface area contributed by atoms with Crippen molar-refractivity contribution in [1.29, 1.82) is 0 Å². The van der Waals surface area contributed by atoms with Crippen molar-refractivity contribution in [2.75, 3.05) is 13.1 Å². The fraction of sp³-hybridized carbons (Fsp3) is 0.208. The van der Waals surface area contributed by atoms with Gasteiger partial charge in [-0.05, 0) is 17.7 Å².